The van der Waals surface area contributed by atoms with E-state index in [0.717, 1.165) is 0 Å². The lowest BCUT2D eigenvalue weighted by molar-refractivity contribution is 0.112. The van der Waals surface area contributed by atoms with Crippen molar-refractivity contribution in [1.82, 2.24) is 9.78 Å². The molecule has 0 radical (unpaired) electrons. The number of aldehydes is 1. The second-order valence-electron chi connectivity index (χ2n) is 1.86. The van der Waals surface area contributed by atoms with E-state index in [9.17, 15) is 4.79 Å². The molecule has 0 aliphatic heterocycles. The molecule has 0 unspecified atom stereocenters. The van der Waals surface area contributed by atoms with Crippen LogP contribution in [0, 0.1) is 0 Å². The zero-order valence-corrected chi connectivity index (χ0v) is 5.61. The average molecular weight is 140 g/mol. The van der Waals surface area contributed by atoms with Crippen molar-refractivity contribution in [3.63, 3.8) is 0 Å². The third kappa shape index (κ3) is 0.877. The predicted octanol–water partition coefficient (Wildman–Crippen LogP) is 0.421. The van der Waals surface area contributed by atoms with Crippen LogP contribution in [0.15, 0.2) is 6.20 Å². The summed E-state index contributed by atoms with van der Waals surface area (Å²) in [6, 6.07) is 0. The fourth-order valence-corrected chi connectivity index (χ4v) is 0.708. The van der Waals surface area contributed by atoms with Crippen LogP contribution in [0.5, 0.6) is 5.88 Å². The molecule has 0 aliphatic carbocycles. The first-order valence-corrected chi connectivity index (χ1v) is 2.99. The molecule has 1 aromatic heterocycles. The van der Waals surface area contributed by atoms with E-state index in [1.54, 1.807) is 0 Å². The predicted molar refractivity (Wildman–Crippen MR) is 35.0 cm³/mol. The quantitative estimate of drug-likeness (QED) is 0.606. The van der Waals surface area contributed by atoms with Gasteiger partial charge in [0, 0.05) is 6.54 Å². The molecule has 1 aromatic rings. The van der Waals surface area contributed by atoms with Gasteiger partial charge in [0.1, 0.15) is 0 Å². The Bertz CT molecular complexity index is 242. The Morgan fingerprint density at radius 3 is 2.90 bits per heavy atom. The summed E-state index contributed by atoms with van der Waals surface area (Å²) in [5.74, 6) is -0.0579. The topological polar surface area (TPSA) is 55.1 Å². The molecule has 10 heavy (non-hydrogen) atoms. The van der Waals surface area contributed by atoms with Gasteiger partial charge in [-0.3, -0.25) is 4.79 Å². The SMILES string of the molecule is CCn1ncc(C=O)c1O. The van der Waals surface area contributed by atoms with Crippen molar-refractivity contribution in [2.45, 2.75) is 13.5 Å². The lowest BCUT2D eigenvalue weighted by Crippen LogP contribution is -1.94. The molecule has 4 heteroatoms. The number of rotatable bonds is 2. The summed E-state index contributed by atoms with van der Waals surface area (Å²) < 4.78 is 1.35. The van der Waals surface area contributed by atoms with Crippen molar-refractivity contribution in [2.24, 2.45) is 0 Å². The largest absolute Gasteiger partial charge is 0.493 e. The number of nitrogens with zero attached hydrogens (tertiary/aromatic N) is 2. The molecule has 1 heterocycles. The fourth-order valence-electron chi connectivity index (χ4n) is 0.708. The number of hydrogen-bond donors (Lipinski definition) is 1. The number of hydrogen-bond acceptors (Lipinski definition) is 3. The first-order chi connectivity index (χ1) is 4.79. The summed E-state index contributed by atoms with van der Waals surface area (Å²) >= 11 is 0. The van der Waals surface area contributed by atoms with Crippen LogP contribution in [-0.2, 0) is 6.54 Å². The molecule has 0 saturated carbocycles. The highest BCUT2D eigenvalue weighted by atomic mass is 16.3. The molecule has 0 aliphatic rings. The van der Waals surface area contributed by atoms with Crippen LogP contribution in [0.1, 0.15) is 17.3 Å². The zero-order valence-electron chi connectivity index (χ0n) is 5.61. The highest BCUT2D eigenvalue weighted by Crippen LogP contribution is 2.12. The first-order valence-electron chi connectivity index (χ1n) is 2.99. The van der Waals surface area contributed by atoms with Gasteiger partial charge in [0.25, 0.3) is 0 Å². The third-order valence-corrected chi connectivity index (χ3v) is 1.27. The Morgan fingerprint density at radius 2 is 2.60 bits per heavy atom. The Hall–Kier alpha value is -1.32. The van der Waals surface area contributed by atoms with Gasteiger partial charge in [-0.2, -0.15) is 5.10 Å². The monoisotopic (exact) mass is 140 g/mol. The van der Waals surface area contributed by atoms with Crippen LogP contribution in [-0.4, -0.2) is 21.2 Å². The van der Waals surface area contributed by atoms with Gasteiger partial charge in [0.2, 0.25) is 5.88 Å². The maximum absolute atomic E-state index is 10.1. The zero-order chi connectivity index (χ0) is 7.56. The van der Waals surface area contributed by atoms with Crippen LogP contribution >= 0.6 is 0 Å². The number of aromatic hydroxyl groups is 1. The smallest absolute Gasteiger partial charge is 0.220 e. The van der Waals surface area contributed by atoms with Crippen molar-refractivity contribution in [3.05, 3.63) is 11.8 Å². The van der Waals surface area contributed by atoms with Gasteiger partial charge >= 0.3 is 0 Å². The molecule has 4 nitrogen and oxygen atoms in total. The van der Waals surface area contributed by atoms with Crippen LogP contribution in [0.4, 0.5) is 0 Å². The minimum atomic E-state index is -0.0579. The second-order valence-corrected chi connectivity index (χ2v) is 1.86. The normalized spacial score (nSPS) is 9.70. The molecule has 0 saturated heterocycles. The third-order valence-electron chi connectivity index (χ3n) is 1.27. The fraction of sp³-hybridized carbons (Fsp3) is 0.333. The van der Waals surface area contributed by atoms with Gasteiger partial charge in [0.15, 0.2) is 6.29 Å². The minimum absolute atomic E-state index is 0.0579. The number of aromatic nitrogens is 2. The Labute approximate surface area is 58.1 Å². The molecule has 1 N–H and O–H groups in total. The molecule has 0 bridgehead atoms. The average Bonchev–Trinajstić information content (AvgIpc) is 2.30. The standard InChI is InChI=1S/C6H8N2O2/c1-2-8-6(10)5(4-9)3-7-8/h3-4,10H,2H2,1H3. The van der Waals surface area contributed by atoms with Crippen molar-refractivity contribution < 1.29 is 9.90 Å². The van der Waals surface area contributed by atoms with Crippen molar-refractivity contribution in [2.75, 3.05) is 0 Å². The number of carbonyl (C=O) groups excluding carboxylic acids is 1. The van der Waals surface area contributed by atoms with E-state index >= 15 is 0 Å². The van der Waals surface area contributed by atoms with Gasteiger partial charge in [0.05, 0.1) is 11.8 Å². The summed E-state index contributed by atoms with van der Waals surface area (Å²) in [5.41, 5.74) is 0.238. The van der Waals surface area contributed by atoms with E-state index in [1.165, 1.54) is 10.9 Å². The number of carbonyl (C=O) groups is 1. The molecule has 0 aromatic carbocycles. The summed E-state index contributed by atoms with van der Waals surface area (Å²) in [4.78, 5) is 10.1. The molecule has 0 atom stereocenters. The van der Waals surface area contributed by atoms with Gasteiger partial charge in [-0.25, -0.2) is 4.68 Å². The molecular formula is C6H8N2O2. The summed E-state index contributed by atoms with van der Waals surface area (Å²) in [7, 11) is 0. The first kappa shape index (κ1) is 6.80. The van der Waals surface area contributed by atoms with Crippen LogP contribution in [0.3, 0.4) is 0 Å². The Kier molecular flexibility index (Phi) is 1.71. The van der Waals surface area contributed by atoms with Gasteiger partial charge < -0.3 is 5.11 Å². The van der Waals surface area contributed by atoms with Crippen LogP contribution < -0.4 is 0 Å². The summed E-state index contributed by atoms with van der Waals surface area (Å²) in [5, 5.41) is 12.8. The number of aryl methyl sites for hydroxylation is 1. The van der Waals surface area contributed by atoms with Gasteiger partial charge in [-0.1, -0.05) is 0 Å². The molecular weight excluding hydrogens is 132 g/mol. The molecule has 54 valence electrons. The van der Waals surface area contributed by atoms with Gasteiger partial charge in [-0.15, -0.1) is 0 Å². The van der Waals surface area contributed by atoms with E-state index in [-0.39, 0.29) is 11.4 Å². The lowest BCUT2D eigenvalue weighted by Gasteiger charge is -1.94. The minimum Gasteiger partial charge on any atom is -0.493 e. The van der Waals surface area contributed by atoms with Crippen molar-refractivity contribution in [3.8, 4) is 5.88 Å². The van der Waals surface area contributed by atoms with E-state index in [2.05, 4.69) is 5.10 Å². The van der Waals surface area contributed by atoms with E-state index in [4.69, 9.17) is 5.11 Å². The highest BCUT2D eigenvalue weighted by molar-refractivity contribution is 5.77. The van der Waals surface area contributed by atoms with E-state index in [0.29, 0.717) is 12.8 Å². The molecule has 0 spiro atoms. The van der Waals surface area contributed by atoms with Crippen molar-refractivity contribution in [1.29, 1.82) is 0 Å². The van der Waals surface area contributed by atoms with Crippen LogP contribution in [0.25, 0.3) is 0 Å². The van der Waals surface area contributed by atoms with E-state index in [1.807, 2.05) is 6.92 Å². The van der Waals surface area contributed by atoms with Crippen LogP contribution in [0.2, 0.25) is 0 Å². The van der Waals surface area contributed by atoms with Gasteiger partial charge in [-0.05, 0) is 6.92 Å². The molecule has 1 rings (SSSR count). The molecule has 0 fully saturated rings. The second kappa shape index (κ2) is 2.51. The Morgan fingerprint density at radius 1 is 1.90 bits per heavy atom. The molecule has 0 amide bonds. The summed E-state index contributed by atoms with van der Waals surface area (Å²) in [6.45, 7) is 2.40. The lowest BCUT2D eigenvalue weighted by atomic mass is 10.4. The maximum atomic E-state index is 10.1. The summed E-state index contributed by atoms with van der Waals surface area (Å²) in [6.07, 6.45) is 1.92. The highest BCUT2D eigenvalue weighted by Gasteiger charge is 2.04. The van der Waals surface area contributed by atoms with Crippen molar-refractivity contribution >= 4 is 6.29 Å². The Balaban J connectivity index is 3.08. The van der Waals surface area contributed by atoms with E-state index < -0.39 is 0 Å². The maximum Gasteiger partial charge on any atom is 0.220 e.